The summed E-state index contributed by atoms with van der Waals surface area (Å²) in [6, 6.07) is 17.0. The molecule has 2 heterocycles. The number of hydrogen-bond donors (Lipinski definition) is 0. The third-order valence-corrected chi connectivity index (χ3v) is 5.79. The van der Waals surface area contributed by atoms with Crippen LogP contribution in [0.1, 0.15) is 24.0 Å². The van der Waals surface area contributed by atoms with Crippen molar-refractivity contribution in [2.75, 3.05) is 27.3 Å². The highest BCUT2D eigenvalue weighted by molar-refractivity contribution is 5.84. The second kappa shape index (κ2) is 8.73. The second-order valence-electron chi connectivity index (χ2n) is 7.97. The van der Waals surface area contributed by atoms with Crippen LogP contribution in [0, 0.1) is 24.2 Å². The summed E-state index contributed by atoms with van der Waals surface area (Å²) in [6.07, 6.45) is 2.05. The van der Waals surface area contributed by atoms with E-state index in [0.717, 1.165) is 60.2 Å². The minimum absolute atomic E-state index is 0.111. The standard InChI is InChI=1S/C25H27N3O2/c1-17-6-7-19-12-21(16-28-10-4-5-18(14-26)15-28)25(27-22(19)11-17)20-8-9-23(29-2)24(13-20)30-3/h6-9,11-13,18H,4-5,10,15-16H2,1-3H3/t18-/m1/s1. The molecule has 0 spiro atoms. The highest BCUT2D eigenvalue weighted by atomic mass is 16.5. The zero-order chi connectivity index (χ0) is 21.1. The number of rotatable bonds is 5. The molecule has 3 aromatic rings. The number of fused-ring (bicyclic) bond motifs is 1. The van der Waals surface area contributed by atoms with Crippen molar-refractivity contribution < 1.29 is 9.47 Å². The van der Waals surface area contributed by atoms with E-state index in [9.17, 15) is 5.26 Å². The number of ether oxygens (including phenoxy) is 2. The lowest BCUT2D eigenvalue weighted by Crippen LogP contribution is -2.34. The maximum atomic E-state index is 9.37. The van der Waals surface area contributed by atoms with Crippen LogP contribution >= 0.6 is 0 Å². The van der Waals surface area contributed by atoms with Crippen LogP contribution in [0.3, 0.4) is 0 Å². The largest absolute Gasteiger partial charge is 0.493 e. The van der Waals surface area contributed by atoms with Crippen molar-refractivity contribution >= 4 is 10.9 Å². The lowest BCUT2D eigenvalue weighted by Gasteiger charge is -2.30. The van der Waals surface area contributed by atoms with E-state index in [2.05, 4.69) is 42.2 Å². The van der Waals surface area contributed by atoms with Crippen LogP contribution in [0.5, 0.6) is 11.5 Å². The van der Waals surface area contributed by atoms with Gasteiger partial charge in [-0.15, -0.1) is 0 Å². The Hall–Kier alpha value is -3.10. The molecule has 30 heavy (non-hydrogen) atoms. The number of aromatic nitrogens is 1. The minimum atomic E-state index is 0.111. The molecule has 0 unspecified atom stereocenters. The Morgan fingerprint density at radius 1 is 1.10 bits per heavy atom. The van der Waals surface area contributed by atoms with E-state index < -0.39 is 0 Å². The second-order valence-corrected chi connectivity index (χ2v) is 7.97. The first kappa shape index (κ1) is 20.2. The molecule has 0 N–H and O–H groups in total. The molecule has 0 bridgehead atoms. The number of benzene rings is 2. The number of pyridine rings is 1. The number of aryl methyl sites for hydroxylation is 1. The normalized spacial score (nSPS) is 16.9. The number of hydrogen-bond acceptors (Lipinski definition) is 5. The van der Waals surface area contributed by atoms with Crippen LogP contribution < -0.4 is 9.47 Å². The molecule has 0 radical (unpaired) electrons. The monoisotopic (exact) mass is 401 g/mol. The van der Waals surface area contributed by atoms with Crippen molar-refractivity contribution in [2.24, 2.45) is 5.92 Å². The van der Waals surface area contributed by atoms with E-state index in [1.165, 1.54) is 5.56 Å². The summed E-state index contributed by atoms with van der Waals surface area (Å²) in [5, 5.41) is 10.5. The first-order chi connectivity index (χ1) is 14.6. The van der Waals surface area contributed by atoms with Gasteiger partial charge in [0, 0.05) is 24.0 Å². The van der Waals surface area contributed by atoms with E-state index in [4.69, 9.17) is 14.5 Å². The fourth-order valence-corrected chi connectivity index (χ4v) is 4.22. The van der Waals surface area contributed by atoms with Gasteiger partial charge in [0.05, 0.1) is 37.4 Å². The molecule has 5 heteroatoms. The van der Waals surface area contributed by atoms with Gasteiger partial charge in [0.1, 0.15) is 0 Å². The van der Waals surface area contributed by atoms with Gasteiger partial charge in [0.2, 0.25) is 0 Å². The number of nitriles is 1. The van der Waals surface area contributed by atoms with Crippen molar-refractivity contribution in [1.82, 2.24) is 9.88 Å². The van der Waals surface area contributed by atoms with E-state index in [0.29, 0.717) is 11.5 Å². The lowest BCUT2D eigenvalue weighted by atomic mass is 9.97. The molecule has 1 saturated heterocycles. The SMILES string of the molecule is COc1ccc(-c2nc3cc(C)ccc3cc2CN2CCC[C@H](C#N)C2)cc1OC. The van der Waals surface area contributed by atoms with Crippen molar-refractivity contribution in [1.29, 1.82) is 5.26 Å². The van der Waals surface area contributed by atoms with Gasteiger partial charge >= 0.3 is 0 Å². The summed E-state index contributed by atoms with van der Waals surface area (Å²) in [5.74, 6) is 1.50. The average Bonchev–Trinajstić information content (AvgIpc) is 2.78. The zero-order valence-corrected chi connectivity index (χ0v) is 17.8. The summed E-state index contributed by atoms with van der Waals surface area (Å²) < 4.78 is 10.9. The Labute approximate surface area is 177 Å². The number of methoxy groups -OCH3 is 2. The fraction of sp³-hybridized carbons (Fsp3) is 0.360. The van der Waals surface area contributed by atoms with Crippen LogP contribution in [0.2, 0.25) is 0 Å². The maximum Gasteiger partial charge on any atom is 0.161 e. The van der Waals surface area contributed by atoms with Crippen molar-refractivity contribution in [3.63, 3.8) is 0 Å². The average molecular weight is 402 g/mol. The Bertz CT molecular complexity index is 1100. The highest BCUT2D eigenvalue weighted by Crippen LogP contribution is 2.35. The molecule has 1 aliphatic rings. The summed E-state index contributed by atoms with van der Waals surface area (Å²) >= 11 is 0. The van der Waals surface area contributed by atoms with Gasteiger partial charge in [-0.3, -0.25) is 4.90 Å². The summed E-state index contributed by atoms with van der Waals surface area (Å²) in [5.41, 5.74) is 5.29. The first-order valence-corrected chi connectivity index (χ1v) is 10.4. The maximum absolute atomic E-state index is 9.37. The Morgan fingerprint density at radius 3 is 2.70 bits per heavy atom. The molecule has 1 fully saturated rings. The predicted octanol–water partition coefficient (Wildman–Crippen LogP) is 4.96. The van der Waals surface area contributed by atoms with Crippen LogP contribution in [0.25, 0.3) is 22.2 Å². The van der Waals surface area contributed by atoms with Crippen molar-refractivity contribution in [3.05, 3.63) is 53.6 Å². The Morgan fingerprint density at radius 2 is 1.93 bits per heavy atom. The summed E-state index contributed by atoms with van der Waals surface area (Å²) in [4.78, 5) is 7.43. The van der Waals surface area contributed by atoms with Crippen molar-refractivity contribution in [3.8, 4) is 28.8 Å². The summed E-state index contributed by atoms with van der Waals surface area (Å²) in [7, 11) is 3.29. The smallest absolute Gasteiger partial charge is 0.161 e. The molecular weight excluding hydrogens is 374 g/mol. The molecule has 1 aromatic heterocycles. The molecule has 1 atom stereocenters. The van der Waals surface area contributed by atoms with Gasteiger partial charge in [-0.1, -0.05) is 12.1 Å². The number of piperidine rings is 1. The molecule has 2 aromatic carbocycles. The summed E-state index contributed by atoms with van der Waals surface area (Å²) in [6.45, 7) is 4.68. The van der Waals surface area contributed by atoms with Gasteiger partial charge in [-0.05, 0) is 67.8 Å². The van der Waals surface area contributed by atoms with Crippen LogP contribution in [0.15, 0.2) is 42.5 Å². The van der Waals surface area contributed by atoms with Crippen molar-refractivity contribution in [2.45, 2.75) is 26.3 Å². The van der Waals surface area contributed by atoms with E-state index in [1.807, 2.05) is 18.2 Å². The quantitative estimate of drug-likeness (QED) is 0.605. The van der Waals surface area contributed by atoms with Gasteiger partial charge in [-0.2, -0.15) is 5.26 Å². The zero-order valence-electron chi connectivity index (χ0n) is 17.8. The van der Waals surface area contributed by atoms with Crippen LogP contribution in [-0.2, 0) is 6.54 Å². The number of likely N-dealkylation sites (tertiary alicyclic amines) is 1. The minimum Gasteiger partial charge on any atom is -0.493 e. The van der Waals surface area contributed by atoms with E-state index >= 15 is 0 Å². The molecule has 0 aliphatic carbocycles. The predicted molar refractivity (Wildman–Crippen MR) is 119 cm³/mol. The highest BCUT2D eigenvalue weighted by Gasteiger charge is 2.21. The molecular formula is C25H27N3O2. The topological polar surface area (TPSA) is 58.4 Å². The van der Waals surface area contributed by atoms with Gasteiger partial charge in [0.25, 0.3) is 0 Å². The van der Waals surface area contributed by atoms with Crippen LogP contribution in [0.4, 0.5) is 0 Å². The van der Waals surface area contributed by atoms with Gasteiger partial charge in [0.15, 0.2) is 11.5 Å². The fourth-order valence-electron chi connectivity index (χ4n) is 4.22. The third kappa shape index (κ3) is 4.10. The Balaban J connectivity index is 1.80. The van der Waals surface area contributed by atoms with Gasteiger partial charge < -0.3 is 9.47 Å². The molecule has 0 saturated carbocycles. The van der Waals surface area contributed by atoms with E-state index in [-0.39, 0.29) is 5.92 Å². The molecule has 0 amide bonds. The van der Waals surface area contributed by atoms with Gasteiger partial charge in [-0.25, -0.2) is 4.98 Å². The van der Waals surface area contributed by atoms with E-state index in [1.54, 1.807) is 14.2 Å². The Kier molecular flexibility index (Phi) is 5.87. The molecule has 154 valence electrons. The molecule has 4 rings (SSSR count). The molecule has 1 aliphatic heterocycles. The first-order valence-electron chi connectivity index (χ1n) is 10.4. The lowest BCUT2D eigenvalue weighted by molar-refractivity contribution is 0.192. The molecule has 5 nitrogen and oxygen atoms in total. The van der Waals surface area contributed by atoms with Crippen LogP contribution in [-0.4, -0.2) is 37.2 Å². The third-order valence-electron chi connectivity index (χ3n) is 5.79. The number of nitrogens with zero attached hydrogens (tertiary/aromatic N) is 3.